The van der Waals surface area contributed by atoms with Crippen molar-refractivity contribution in [1.29, 1.82) is 0 Å². The average Bonchev–Trinajstić information content (AvgIpc) is 2.19. The molecule has 1 aliphatic rings. The van der Waals surface area contributed by atoms with Gasteiger partial charge in [0.25, 0.3) is 0 Å². The quantitative estimate of drug-likeness (QED) is 0.616. The molecule has 1 aliphatic heterocycles. The van der Waals surface area contributed by atoms with Gasteiger partial charge in [0.15, 0.2) is 0 Å². The first-order valence-electron chi connectivity index (χ1n) is 2.51. The highest BCUT2D eigenvalue weighted by molar-refractivity contribution is 8.23. The summed E-state index contributed by atoms with van der Waals surface area (Å²) < 4.78 is 0. The molecule has 1 fully saturated rings. The summed E-state index contributed by atoms with van der Waals surface area (Å²) in [5.74, 6) is 2.64. The molecule has 8 heavy (non-hydrogen) atoms. The largest absolute Gasteiger partial charge is 0.164 e. The van der Waals surface area contributed by atoms with Crippen LogP contribution in [0.4, 0.5) is 0 Å². The maximum Gasteiger partial charge on any atom is 0.0716 e. The Morgan fingerprint density at radius 1 is 1.88 bits per heavy atom. The van der Waals surface area contributed by atoms with Crippen LogP contribution < -0.4 is 0 Å². The maximum atomic E-state index is 2.25. The van der Waals surface area contributed by atoms with Crippen LogP contribution in [0.5, 0.6) is 0 Å². The Morgan fingerprint density at radius 2 is 2.75 bits per heavy atom. The minimum Gasteiger partial charge on any atom is -0.164 e. The monoisotopic (exact) mass is 165 g/mol. The molecular formula is C5H9S3. The molecule has 1 saturated heterocycles. The van der Waals surface area contributed by atoms with Crippen molar-refractivity contribution in [3.63, 3.8) is 0 Å². The van der Waals surface area contributed by atoms with E-state index in [1.54, 1.807) is 0 Å². The summed E-state index contributed by atoms with van der Waals surface area (Å²) in [6, 6.07) is 0. The predicted octanol–water partition coefficient (Wildman–Crippen LogP) is 2.32. The van der Waals surface area contributed by atoms with Crippen LogP contribution >= 0.6 is 35.3 Å². The molecule has 0 amide bonds. The molecule has 0 spiro atoms. The van der Waals surface area contributed by atoms with Crippen LogP contribution in [0.3, 0.4) is 0 Å². The van der Waals surface area contributed by atoms with Crippen LogP contribution in [0.15, 0.2) is 0 Å². The minimum absolute atomic E-state index is 0.898. The van der Waals surface area contributed by atoms with E-state index in [4.69, 9.17) is 0 Å². The van der Waals surface area contributed by atoms with Gasteiger partial charge in [0.1, 0.15) is 0 Å². The fourth-order valence-electron chi connectivity index (χ4n) is 0.577. The van der Waals surface area contributed by atoms with Crippen LogP contribution in [0.25, 0.3) is 0 Å². The Morgan fingerprint density at radius 3 is 3.25 bits per heavy atom. The molecule has 0 aliphatic carbocycles. The van der Waals surface area contributed by atoms with Gasteiger partial charge in [-0.3, -0.25) is 0 Å². The summed E-state index contributed by atoms with van der Waals surface area (Å²) in [6.45, 7) is 0. The van der Waals surface area contributed by atoms with E-state index < -0.39 is 0 Å². The summed E-state index contributed by atoms with van der Waals surface area (Å²) in [7, 11) is 0. The fourth-order valence-corrected chi connectivity index (χ4v) is 4.08. The highest BCUT2D eigenvalue weighted by Crippen LogP contribution is 2.35. The summed E-state index contributed by atoms with van der Waals surface area (Å²) >= 11 is 5.88. The molecule has 0 nitrogen and oxygen atoms in total. The first-order valence-corrected chi connectivity index (χ1v) is 5.89. The second-order valence-electron chi connectivity index (χ2n) is 1.64. The summed E-state index contributed by atoms with van der Waals surface area (Å²) in [5.41, 5.74) is 0. The third-order valence-electron chi connectivity index (χ3n) is 0.951. The topological polar surface area (TPSA) is 0 Å². The Kier molecular flexibility index (Phi) is 3.55. The molecule has 1 unspecified atom stereocenters. The maximum absolute atomic E-state index is 2.25. The van der Waals surface area contributed by atoms with E-state index in [1.807, 2.05) is 35.3 Å². The average molecular weight is 165 g/mol. The van der Waals surface area contributed by atoms with E-state index in [0.29, 0.717) is 0 Å². The Bertz CT molecular complexity index is 58.7. The molecule has 1 radical (unpaired) electrons. The van der Waals surface area contributed by atoms with Crippen LogP contribution in [-0.4, -0.2) is 23.0 Å². The second kappa shape index (κ2) is 3.96. The van der Waals surface area contributed by atoms with Gasteiger partial charge >= 0.3 is 0 Å². The van der Waals surface area contributed by atoms with Crippen LogP contribution in [0, 0.1) is 5.08 Å². The van der Waals surface area contributed by atoms with E-state index in [2.05, 4.69) is 11.3 Å². The van der Waals surface area contributed by atoms with Crippen molar-refractivity contribution >= 4 is 35.3 Å². The van der Waals surface area contributed by atoms with Gasteiger partial charge in [-0.15, -0.1) is 23.5 Å². The summed E-state index contributed by atoms with van der Waals surface area (Å²) in [6.07, 6.45) is 2.17. The van der Waals surface area contributed by atoms with E-state index in [9.17, 15) is 0 Å². The zero-order valence-electron chi connectivity index (χ0n) is 4.79. The van der Waals surface area contributed by atoms with Crippen molar-refractivity contribution in [2.75, 3.05) is 17.8 Å². The zero-order chi connectivity index (χ0) is 5.82. The lowest BCUT2D eigenvalue weighted by Gasteiger charge is -2.01. The fraction of sp³-hybridized carbons (Fsp3) is 0.800. The van der Waals surface area contributed by atoms with Crippen molar-refractivity contribution in [3.8, 4) is 0 Å². The second-order valence-corrected chi connectivity index (χ2v) is 4.93. The van der Waals surface area contributed by atoms with Crippen molar-refractivity contribution in [3.05, 3.63) is 5.08 Å². The molecule has 0 N–H and O–H groups in total. The van der Waals surface area contributed by atoms with Gasteiger partial charge in [0.2, 0.25) is 0 Å². The molecule has 47 valence electrons. The molecule has 1 atom stereocenters. The molecule has 0 bridgehead atoms. The molecule has 1 heterocycles. The summed E-state index contributed by atoms with van der Waals surface area (Å²) in [5, 5.41) is 3.15. The highest BCUT2D eigenvalue weighted by atomic mass is 32.2. The van der Waals surface area contributed by atoms with Crippen molar-refractivity contribution in [2.45, 2.75) is 5.25 Å². The standard InChI is InChI=1S/C5H9S3/c1-6-2-5-3-7-4-8-5/h4-5H,2-3H2,1H3. The van der Waals surface area contributed by atoms with Gasteiger partial charge in [-0.2, -0.15) is 11.8 Å². The molecule has 0 aromatic rings. The van der Waals surface area contributed by atoms with Crippen LogP contribution in [0.1, 0.15) is 0 Å². The lowest BCUT2D eigenvalue weighted by atomic mass is 10.6. The van der Waals surface area contributed by atoms with Gasteiger partial charge in [-0.1, -0.05) is 0 Å². The first-order chi connectivity index (χ1) is 3.93. The van der Waals surface area contributed by atoms with Crippen LogP contribution in [0.2, 0.25) is 0 Å². The van der Waals surface area contributed by atoms with Gasteiger partial charge < -0.3 is 0 Å². The number of hydrogen-bond acceptors (Lipinski definition) is 3. The van der Waals surface area contributed by atoms with Gasteiger partial charge in [-0.05, 0) is 6.26 Å². The Hall–Kier alpha value is 1.05. The van der Waals surface area contributed by atoms with E-state index in [0.717, 1.165) is 5.25 Å². The summed E-state index contributed by atoms with van der Waals surface area (Å²) in [4.78, 5) is 0. The minimum atomic E-state index is 0.898. The molecule has 0 aromatic heterocycles. The lowest BCUT2D eigenvalue weighted by molar-refractivity contribution is 1.17. The van der Waals surface area contributed by atoms with E-state index in [1.165, 1.54) is 11.5 Å². The SMILES string of the molecule is CSCC1CS[CH]S1. The Balaban J connectivity index is 2.06. The third-order valence-corrected chi connectivity index (χ3v) is 4.41. The molecule has 0 aromatic carbocycles. The first kappa shape index (κ1) is 7.16. The molecule has 3 heteroatoms. The van der Waals surface area contributed by atoms with Gasteiger partial charge in [0, 0.05) is 16.8 Å². The van der Waals surface area contributed by atoms with Crippen molar-refractivity contribution in [1.82, 2.24) is 0 Å². The van der Waals surface area contributed by atoms with Gasteiger partial charge in [-0.25, -0.2) is 0 Å². The molecule has 1 rings (SSSR count). The zero-order valence-corrected chi connectivity index (χ0v) is 7.24. The highest BCUT2D eigenvalue weighted by Gasteiger charge is 2.14. The van der Waals surface area contributed by atoms with E-state index in [-0.39, 0.29) is 0 Å². The van der Waals surface area contributed by atoms with Crippen molar-refractivity contribution < 1.29 is 0 Å². The number of hydrogen-bond donors (Lipinski definition) is 0. The normalized spacial score (nSPS) is 28.9. The third kappa shape index (κ3) is 2.11. The van der Waals surface area contributed by atoms with Crippen LogP contribution in [-0.2, 0) is 0 Å². The number of thioether (sulfide) groups is 3. The molecular weight excluding hydrogens is 156 g/mol. The van der Waals surface area contributed by atoms with Gasteiger partial charge in [0.05, 0.1) is 5.08 Å². The van der Waals surface area contributed by atoms with Crippen molar-refractivity contribution in [2.24, 2.45) is 0 Å². The smallest absolute Gasteiger partial charge is 0.0716 e. The predicted molar refractivity (Wildman–Crippen MR) is 46.5 cm³/mol. The molecule has 0 saturated carbocycles. The Labute approximate surface area is 63.6 Å². The number of rotatable bonds is 2. The lowest BCUT2D eigenvalue weighted by Crippen LogP contribution is -2.02. The van der Waals surface area contributed by atoms with E-state index >= 15 is 0 Å².